The third-order valence-corrected chi connectivity index (χ3v) is 3.23. The van der Waals surface area contributed by atoms with E-state index in [2.05, 4.69) is 17.1 Å². The van der Waals surface area contributed by atoms with Gasteiger partial charge in [-0.05, 0) is 18.9 Å². The number of hydrogen-bond donors (Lipinski definition) is 1. The van der Waals surface area contributed by atoms with Crippen molar-refractivity contribution in [2.75, 3.05) is 26.8 Å². The summed E-state index contributed by atoms with van der Waals surface area (Å²) >= 11 is 0. The summed E-state index contributed by atoms with van der Waals surface area (Å²) in [4.78, 5) is 2.33. The van der Waals surface area contributed by atoms with E-state index < -0.39 is 0 Å². The minimum absolute atomic E-state index is 0.235. The molecular formula is C15H21NO2. The highest BCUT2D eigenvalue weighted by Crippen LogP contribution is 2.26. The molecule has 1 aromatic rings. The molecule has 1 fully saturated rings. The summed E-state index contributed by atoms with van der Waals surface area (Å²) in [6, 6.07) is 8.67. The standard InChI is InChI=1S/C15H21NO2/c1-18-15-7-3-2-5-13(15)6-4-10-16(11-12-17)14-8-9-14/h2-7,14,17H,8-12H2,1H3/b6-4+. The second kappa shape index (κ2) is 6.57. The van der Waals surface area contributed by atoms with E-state index in [4.69, 9.17) is 9.84 Å². The Kier molecular flexibility index (Phi) is 4.79. The van der Waals surface area contributed by atoms with E-state index in [1.165, 1.54) is 12.8 Å². The van der Waals surface area contributed by atoms with Gasteiger partial charge >= 0.3 is 0 Å². The fraction of sp³-hybridized carbons (Fsp3) is 0.467. The Morgan fingerprint density at radius 3 is 2.83 bits per heavy atom. The van der Waals surface area contributed by atoms with Crippen LogP contribution in [0.25, 0.3) is 6.08 Å². The Hall–Kier alpha value is -1.32. The molecule has 1 aromatic carbocycles. The third-order valence-electron chi connectivity index (χ3n) is 3.23. The third kappa shape index (κ3) is 3.59. The molecule has 98 valence electrons. The molecule has 0 aliphatic heterocycles. The zero-order valence-corrected chi connectivity index (χ0v) is 10.9. The van der Waals surface area contributed by atoms with Crippen molar-refractivity contribution in [1.82, 2.24) is 4.90 Å². The maximum absolute atomic E-state index is 9.03. The first-order valence-electron chi connectivity index (χ1n) is 6.49. The molecule has 0 unspecified atom stereocenters. The van der Waals surface area contributed by atoms with Crippen molar-refractivity contribution < 1.29 is 9.84 Å². The van der Waals surface area contributed by atoms with Gasteiger partial charge in [-0.3, -0.25) is 4.90 Å². The number of nitrogens with zero attached hydrogens (tertiary/aromatic N) is 1. The van der Waals surface area contributed by atoms with Crippen LogP contribution >= 0.6 is 0 Å². The molecule has 3 heteroatoms. The van der Waals surface area contributed by atoms with E-state index in [9.17, 15) is 0 Å². The summed E-state index contributed by atoms with van der Waals surface area (Å²) < 4.78 is 5.31. The lowest BCUT2D eigenvalue weighted by Gasteiger charge is -2.18. The molecule has 0 heterocycles. The number of ether oxygens (including phenoxy) is 1. The molecule has 0 aromatic heterocycles. The first-order valence-corrected chi connectivity index (χ1v) is 6.49. The van der Waals surface area contributed by atoms with Crippen molar-refractivity contribution in [3.05, 3.63) is 35.9 Å². The number of rotatable bonds is 7. The van der Waals surface area contributed by atoms with E-state index in [0.29, 0.717) is 6.04 Å². The highest BCUT2D eigenvalue weighted by molar-refractivity contribution is 5.57. The van der Waals surface area contributed by atoms with Crippen molar-refractivity contribution >= 4 is 6.08 Å². The molecule has 0 bridgehead atoms. The first-order chi connectivity index (χ1) is 8.85. The first kappa shape index (κ1) is 13.1. The van der Waals surface area contributed by atoms with Crippen molar-refractivity contribution in [3.8, 4) is 5.75 Å². The van der Waals surface area contributed by atoms with Gasteiger partial charge in [0.25, 0.3) is 0 Å². The predicted octanol–water partition coefficient (Wildman–Crippen LogP) is 2.17. The van der Waals surface area contributed by atoms with Crippen molar-refractivity contribution in [2.45, 2.75) is 18.9 Å². The molecule has 0 radical (unpaired) electrons. The lowest BCUT2D eigenvalue weighted by molar-refractivity contribution is 0.202. The van der Waals surface area contributed by atoms with E-state index >= 15 is 0 Å². The van der Waals surface area contributed by atoms with Crippen LogP contribution in [0.15, 0.2) is 30.3 Å². The maximum atomic E-state index is 9.03. The van der Waals surface area contributed by atoms with Crippen LogP contribution in [-0.2, 0) is 0 Å². The van der Waals surface area contributed by atoms with E-state index in [-0.39, 0.29) is 6.61 Å². The quantitative estimate of drug-likeness (QED) is 0.801. The van der Waals surface area contributed by atoms with Gasteiger partial charge in [0.2, 0.25) is 0 Å². The minimum atomic E-state index is 0.235. The number of para-hydroxylation sites is 1. The van der Waals surface area contributed by atoms with Gasteiger partial charge in [-0.25, -0.2) is 0 Å². The van der Waals surface area contributed by atoms with Gasteiger partial charge in [0, 0.05) is 24.7 Å². The van der Waals surface area contributed by atoms with Gasteiger partial charge in [0.1, 0.15) is 5.75 Å². The topological polar surface area (TPSA) is 32.7 Å². The molecule has 18 heavy (non-hydrogen) atoms. The van der Waals surface area contributed by atoms with Crippen molar-refractivity contribution in [3.63, 3.8) is 0 Å². The monoisotopic (exact) mass is 247 g/mol. The number of aliphatic hydroxyl groups is 1. The van der Waals surface area contributed by atoms with Crippen LogP contribution in [0, 0.1) is 0 Å². The van der Waals surface area contributed by atoms with E-state index in [1.54, 1.807) is 7.11 Å². The molecule has 1 aliphatic carbocycles. The van der Waals surface area contributed by atoms with Gasteiger partial charge in [-0.15, -0.1) is 0 Å². The SMILES string of the molecule is COc1ccccc1/C=C/CN(CCO)C1CC1. The van der Waals surface area contributed by atoms with Crippen LogP contribution in [-0.4, -0.2) is 42.9 Å². The van der Waals surface area contributed by atoms with Crippen LogP contribution in [0.2, 0.25) is 0 Å². The Balaban J connectivity index is 1.93. The minimum Gasteiger partial charge on any atom is -0.496 e. The molecule has 0 spiro atoms. The summed E-state index contributed by atoms with van der Waals surface area (Å²) in [5.41, 5.74) is 1.10. The molecule has 0 amide bonds. The van der Waals surface area contributed by atoms with Crippen LogP contribution in [0.3, 0.4) is 0 Å². The van der Waals surface area contributed by atoms with Crippen molar-refractivity contribution in [1.29, 1.82) is 0 Å². The highest BCUT2D eigenvalue weighted by Gasteiger charge is 2.27. The molecule has 1 aliphatic rings. The summed E-state index contributed by atoms with van der Waals surface area (Å²) in [7, 11) is 1.69. The summed E-state index contributed by atoms with van der Waals surface area (Å²) in [5, 5.41) is 9.03. The molecule has 0 atom stereocenters. The largest absolute Gasteiger partial charge is 0.496 e. The Bertz CT molecular complexity index is 399. The maximum Gasteiger partial charge on any atom is 0.126 e. The van der Waals surface area contributed by atoms with E-state index in [0.717, 1.165) is 24.4 Å². The summed E-state index contributed by atoms with van der Waals surface area (Å²) in [6.45, 7) is 1.89. The Morgan fingerprint density at radius 1 is 1.39 bits per heavy atom. The molecule has 0 saturated heterocycles. The van der Waals surface area contributed by atoms with Crippen LogP contribution in [0.4, 0.5) is 0 Å². The number of hydrogen-bond acceptors (Lipinski definition) is 3. The van der Waals surface area contributed by atoms with Gasteiger partial charge in [0.05, 0.1) is 13.7 Å². The fourth-order valence-corrected chi connectivity index (χ4v) is 2.11. The summed E-state index contributed by atoms with van der Waals surface area (Å²) in [6.07, 6.45) is 6.77. The number of methoxy groups -OCH3 is 1. The van der Waals surface area contributed by atoms with Gasteiger partial charge in [-0.1, -0.05) is 30.4 Å². The van der Waals surface area contributed by atoms with Gasteiger partial charge < -0.3 is 9.84 Å². The second-order valence-electron chi connectivity index (χ2n) is 4.59. The fourth-order valence-electron chi connectivity index (χ4n) is 2.11. The smallest absolute Gasteiger partial charge is 0.126 e. The normalized spacial score (nSPS) is 15.5. The predicted molar refractivity (Wildman–Crippen MR) is 73.7 cm³/mol. The molecule has 1 N–H and O–H groups in total. The number of benzene rings is 1. The summed E-state index contributed by atoms with van der Waals surface area (Å²) in [5.74, 6) is 0.897. The lowest BCUT2D eigenvalue weighted by Crippen LogP contribution is -2.29. The molecular weight excluding hydrogens is 226 g/mol. The molecule has 3 nitrogen and oxygen atoms in total. The highest BCUT2D eigenvalue weighted by atomic mass is 16.5. The molecule has 1 saturated carbocycles. The molecule has 2 rings (SSSR count). The Labute approximate surface area is 109 Å². The second-order valence-corrected chi connectivity index (χ2v) is 4.59. The van der Waals surface area contributed by atoms with Gasteiger partial charge in [-0.2, -0.15) is 0 Å². The number of aliphatic hydroxyl groups excluding tert-OH is 1. The van der Waals surface area contributed by atoms with E-state index in [1.807, 2.05) is 24.3 Å². The van der Waals surface area contributed by atoms with Gasteiger partial charge in [0.15, 0.2) is 0 Å². The van der Waals surface area contributed by atoms with Crippen molar-refractivity contribution in [2.24, 2.45) is 0 Å². The van der Waals surface area contributed by atoms with Crippen LogP contribution in [0.1, 0.15) is 18.4 Å². The van der Waals surface area contributed by atoms with Crippen LogP contribution in [0.5, 0.6) is 5.75 Å². The average Bonchev–Trinajstić information content (AvgIpc) is 3.22. The zero-order valence-electron chi connectivity index (χ0n) is 10.9. The average molecular weight is 247 g/mol. The zero-order chi connectivity index (χ0) is 12.8. The Morgan fingerprint density at radius 2 is 2.17 bits per heavy atom. The van der Waals surface area contributed by atoms with Crippen LogP contribution < -0.4 is 4.74 Å². The lowest BCUT2D eigenvalue weighted by atomic mass is 10.2.